The van der Waals surface area contributed by atoms with Crippen LogP contribution in [0.4, 0.5) is 0 Å². The summed E-state index contributed by atoms with van der Waals surface area (Å²) >= 11 is 7.08. The first-order chi connectivity index (χ1) is 10.1. The molecule has 0 aliphatic carbocycles. The lowest BCUT2D eigenvalue weighted by Gasteiger charge is -2.11. The molecule has 0 amide bonds. The summed E-state index contributed by atoms with van der Waals surface area (Å²) in [6.07, 6.45) is 1.12. The normalized spacial score (nSPS) is 10.9. The molecule has 0 spiro atoms. The molecule has 114 valence electrons. The van der Waals surface area contributed by atoms with Gasteiger partial charge in [-0.15, -0.1) is 10.2 Å². The molecule has 6 nitrogen and oxygen atoms in total. The number of aryl methyl sites for hydroxylation is 1. The van der Waals surface area contributed by atoms with Crippen LogP contribution in [0.5, 0.6) is 5.75 Å². The van der Waals surface area contributed by atoms with Crippen LogP contribution in [0.15, 0.2) is 21.1 Å². The van der Waals surface area contributed by atoms with E-state index in [4.69, 9.17) is 4.74 Å². The Kier molecular flexibility index (Phi) is 6.13. The molecule has 0 saturated carbocycles. The summed E-state index contributed by atoms with van der Waals surface area (Å²) in [6.45, 7) is 4.26. The van der Waals surface area contributed by atoms with Crippen LogP contribution in [0.25, 0.3) is 0 Å². The Bertz CT molecular complexity index is 579. The summed E-state index contributed by atoms with van der Waals surface area (Å²) < 4.78 is 7.55. The van der Waals surface area contributed by atoms with Crippen molar-refractivity contribution in [2.45, 2.75) is 26.5 Å². The van der Waals surface area contributed by atoms with E-state index in [1.165, 1.54) is 10.4 Å². The van der Waals surface area contributed by atoms with Gasteiger partial charge in [0, 0.05) is 6.54 Å². The van der Waals surface area contributed by atoms with Crippen LogP contribution in [0.1, 0.15) is 24.7 Å². The zero-order valence-corrected chi connectivity index (χ0v) is 15.1. The molecule has 1 N–H and O–H groups in total. The van der Waals surface area contributed by atoms with Crippen molar-refractivity contribution in [3.63, 3.8) is 0 Å². The fourth-order valence-corrected chi connectivity index (χ4v) is 3.29. The Morgan fingerprint density at radius 2 is 2.00 bits per heavy atom. The monoisotopic (exact) mass is 417 g/mol. The Morgan fingerprint density at radius 3 is 2.57 bits per heavy atom. The molecule has 21 heavy (non-hydrogen) atoms. The van der Waals surface area contributed by atoms with Crippen LogP contribution in [0.3, 0.4) is 0 Å². The van der Waals surface area contributed by atoms with E-state index in [1.807, 2.05) is 12.1 Å². The first-order valence-corrected chi connectivity index (χ1v) is 8.23. The van der Waals surface area contributed by atoms with Gasteiger partial charge < -0.3 is 10.1 Å². The van der Waals surface area contributed by atoms with Gasteiger partial charge in [0.1, 0.15) is 5.75 Å². The predicted molar refractivity (Wildman–Crippen MR) is 87.0 cm³/mol. The molecule has 0 radical (unpaired) electrons. The Hall–Kier alpha value is -0.990. The van der Waals surface area contributed by atoms with Gasteiger partial charge >= 0.3 is 0 Å². The number of nitrogens with zero attached hydrogens (tertiary/aromatic N) is 4. The molecule has 0 aliphatic heterocycles. The van der Waals surface area contributed by atoms with Crippen LogP contribution < -0.4 is 10.1 Å². The number of halogens is 2. The van der Waals surface area contributed by atoms with E-state index >= 15 is 0 Å². The molecule has 2 aromatic rings. The number of ether oxygens (including phenoxy) is 1. The lowest BCUT2D eigenvalue weighted by molar-refractivity contribution is 0.291. The van der Waals surface area contributed by atoms with Crippen molar-refractivity contribution in [1.29, 1.82) is 0 Å². The van der Waals surface area contributed by atoms with Crippen LogP contribution in [0, 0.1) is 0 Å². The number of hydrogen-bond donors (Lipinski definition) is 1. The van der Waals surface area contributed by atoms with Crippen LogP contribution in [-0.2, 0) is 20.2 Å². The van der Waals surface area contributed by atoms with Gasteiger partial charge in [0.25, 0.3) is 0 Å². The second-order valence-corrected chi connectivity index (χ2v) is 6.26. The molecule has 0 aliphatic rings. The largest absolute Gasteiger partial charge is 0.483 e. The molecule has 0 atom stereocenters. The van der Waals surface area contributed by atoms with Crippen LogP contribution in [0.2, 0.25) is 0 Å². The number of aromatic nitrogens is 4. The summed E-state index contributed by atoms with van der Waals surface area (Å²) in [5.41, 5.74) is 1.19. The number of tetrazole rings is 1. The van der Waals surface area contributed by atoms with Gasteiger partial charge in [0.2, 0.25) is 5.82 Å². The maximum atomic E-state index is 5.76. The number of rotatable bonds is 7. The lowest BCUT2D eigenvalue weighted by Crippen LogP contribution is -2.13. The van der Waals surface area contributed by atoms with Crippen LogP contribution in [-0.4, -0.2) is 26.8 Å². The lowest BCUT2D eigenvalue weighted by atomic mass is 10.2. The third-order valence-electron chi connectivity index (χ3n) is 2.71. The molecular weight excluding hydrogens is 402 g/mol. The van der Waals surface area contributed by atoms with Gasteiger partial charge in [-0.3, -0.25) is 0 Å². The molecule has 0 unspecified atom stereocenters. The van der Waals surface area contributed by atoms with Crippen molar-refractivity contribution in [3.05, 3.63) is 32.5 Å². The van der Waals surface area contributed by atoms with Crippen LogP contribution >= 0.6 is 31.9 Å². The Morgan fingerprint density at radius 1 is 1.29 bits per heavy atom. The number of benzene rings is 1. The molecule has 1 aromatic carbocycles. The first kappa shape index (κ1) is 16.4. The van der Waals surface area contributed by atoms with Gasteiger partial charge in [-0.2, -0.15) is 4.80 Å². The van der Waals surface area contributed by atoms with Crippen molar-refractivity contribution in [2.24, 2.45) is 7.05 Å². The molecule has 1 heterocycles. The van der Waals surface area contributed by atoms with Crippen molar-refractivity contribution in [3.8, 4) is 5.75 Å². The summed E-state index contributed by atoms with van der Waals surface area (Å²) in [4.78, 5) is 1.41. The predicted octanol–water partition coefficient (Wildman–Crippen LogP) is 2.81. The second-order valence-electron chi connectivity index (χ2n) is 4.55. The van der Waals surface area contributed by atoms with Crippen molar-refractivity contribution in [1.82, 2.24) is 25.5 Å². The quantitative estimate of drug-likeness (QED) is 0.700. The van der Waals surface area contributed by atoms with E-state index in [0.717, 1.165) is 34.2 Å². The second kappa shape index (κ2) is 7.86. The molecule has 1 aromatic heterocycles. The zero-order chi connectivity index (χ0) is 15.2. The SMILES string of the molecule is CCCNCc1cc(Br)c(OCc2nnn(C)n2)c(Br)c1. The van der Waals surface area contributed by atoms with Crippen molar-refractivity contribution in [2.75, 3.05) is 6.54 Å². The zero-order valence-electron chi connectivity index (χ0n) is 11.9. The highest BCUT2D eigenvalue weighted by atomic mass is 79.9. The third-order valence-corrected chi connectivity index (χ3v) is 3.89. The molecule has 2 rings (SSSR count). The third kappa shape index (κ3) is 4.76. The van der Waals surface area contributed by atoms with Crippen molar-refractivity contribution < 1.29 is 4.74 Å². The van der Waals surface area contributed by atoms with Gasteiger partial charge in [-0.05, 0) is 67.7 Å². The van der Waals surface area contributed by atoms with Crippen molar-refractivity contribution >= 4 is 31.9 Å². The number of nitrogens with one attached hydrogen (secondary N) is 1. The van der Waals surface area contributed by atoms with E-state index in [9.17, 15) is 0 Å². The number of hydrogen-bond acceptors (Lipinski definition) is 5. The van der Waals surface area contributed by atoms with E-state index < -0.39 is 0 Å². The fraction of sp³-hybridized carbons (Fsp3) is 0.462. The minimum absolute atomic E-state index is 0.276. The highest BCUT2D eigenvalue weighted by Gasteiger charge is 2.11. The maximum absolute atomic E-state index is 5.76. The Labute approximate surface area is 140 Å². The van der Waals surface area contributed by atoms with Gasteiger partial charge in [-0.1, -0.05) is 6.92 Å². The average Bonchev–Trinajstić information content (AvgIpc) is 2.84. The smallest absolute Gasteiger partial charge is 0.212 e. The van der Waals surface area contributed by atoms with Gasteiger partial charge in [-0.25, -0.2) is 0 Å². The topological polar surface area (TPSA) is 64.9 Å². The van der Waals surface area contributed by atoms with E-state index in [0.29, 0.717) is 5.82 Å². The highest BCUT2D eigenvalue weighted by molar-refractivity contribution is 9.11. The molecule has 0 saturated heterocycles. The summed E-state index contributed by atoms with van der Waals surface area (Å²) in [5.74, 6) is 1.28. The van der Waals surface area contributed by atoms with E-state index in [-0.39, 0.29) is 6.61 Å². The Balaban J connectivity index is 2.02. The molecular formula is C13H17Br2N5O. The van der Waals surface area contributed by atoms with Gasteiger partial charge in [0.15, 0.2) is 6.61 Å². The molecule has 8 heteroatoms. The standard InChI is InChI=1S/C13H17Br2N5O/c1-3-4-16-7-9-5-10(14)13(11(15)6-9)21-8-12-17-19-20(2)18-12/h5-6,16H,3-4,7-8H2,1-2H3. The minimum Gasteiger partial charge on any atom is -0.483 e. The summed E-state index contributed by atoms with van der Waals surface area (Å²) in [6, 6.07) is 4.10. The first-order valence-electron chi connectivity index (χ1n) is 6.64. The molecule has 0 fully saturated rings. The fourth-order valence-electron chi connectivity index (χ4n) is 1.78. The summed E-state index contributed by atoms with van der Waals surface area (Å²) in [5, 5.41) is 15.1. The maximum Gasteiger partial charge on any atom is 0.212 e. The van der Waals surface area contributed by atoms with Gasteiger partial charge in [0.05, 0.1) is 16.0 Å². The minimum atomic E-state index is 0.276. The average molecular weight is 419 g/mol. The van der Waals surface area contributed by atoms with E-state index in [2.05, 4.69) is 59.5 Å². The van der Waals surface area contributed by atoms with E-state index in [1.54, 1.807) is 7.05 Å². The highest BCUT2D eigenvalue weighted by Crippen LogP contribution is 2.35. The summed E-state index contributed by atoms with van der Waals surface area (Å²) in [7, 11) is 1.72. The molecule has 0 bridgehead atoms.